The number of hydrogen-bond donors (Lipinski definition) is 3. The van der Waals surface area contributed by atoms with Crippen molar-refractivity contribution in [1.82, 2.24) is 14.9 Å². The van der Waals surface area contributed by atoms with E-state index in [2.05, 4.69) is 24.1 Å². The lowest BCUT2D eigenvalue weighted by Crippen LogP contribution is -2.51. The Bertz CT molecular complexity index is 571. The van der Waals surface area contributed by atoms with Gasteiger partial charge in [-0.1, -0.05) is 6.42 Å². The number of nitrogens with zero attached hydrogens (tertiary/aromatic N) is 2. The summed E-state index contributed by atoms with van der Waals surface area (Å²) in [5, 5.41) is 21.5. The third kappa shape index (κ3) is 4.19. The summed E-state index contributed by atoms with van der Waals surface area (Å²) in [5.41, 5.74) is 0. The molecule has 3 N–H and O–H groups in total. The van der Waals surface area contributed by atoms with Crippen molar-refractivity contribution in [2.24, 2.45) is 0 Å². The molecule has 0 radical (unpaired) electrons. The lowest BCUT2D eigenvalue weighted by atomic mass is 9.97. The lowest BCUT2D eigenvalue weighted by Gasteiger charge is -2.38. The van der Waals surface area contributed by atoms with Gasteiger partial charge in [-0.25, -0.2) is 4.79 Å². The van der Waals surface area contributed by atoms with E-state index in [-0.39, 0.29) is 12.5 Å². The van der Waals surface area contributed by atoms with Gasteiger partial charge in [0.2, 0.25) is 17.7 Å². The van der Waals surface area contributed by atoms with Gasteiger partial charge in [-0.15, -0.1) is 4.73 Å². The molecule has 3 unspecified atom stereocenters. The average Bonchev–Trinajstić information content (AvgIpc) is 2.83. The number of amides is 1. The first-order valence-corrected chi connectivity index (χ1v) is 8.16. The molecule has 2 rings (SSSR count). The maximum absolute atomic E-state index is 12.2. The number of piperidine rings is 1. The molecule has 1 aliphatic heterocycles. The zero-order valence-corrected chi connectivity index (χ0v) is 14.2. The molecule has 1 aromatic heterocycles. The fourth-order valence-corrected chi connectivity index (χ4v) is 2.96. The van der Waals surface area contributed by atoms with E-state index in [4.69, 9.17) is 4.84 Å². The van der Waals surface area contributed by atoms with Crippen LogP contribution in [0.1, 0.15) is 40.0 Å². The highest BCUT2D eigenvalue weighted by molar-refractivity contribution is 5.85. The van der Waals surface area contributed by atoms with E-state index in [9.17, 15) is 19.8 Å². The predicted octanol–water partition coefficient (Wildman–Crippen LogP) is 0.622. The second-order valence-electron chi connectivity index (χ2n) is 6.34. The van der Waals surface area contributed by atoms with E-state index in [0.717, 1.165) is 19.3 Å². The van der Waals surface area contributed by atoms with E-state index in [1.54, 1.807) is 0 Å². The molecule has 0 aliphatic carbocycles. The van der Waals surface area contributed by atoms with Gasteiger partial charge in [-0.3, -0.25) is 9.69 Å². The van der Waals surface area contributed by atoms with Gasteiger partial charge in [0.25, 0.3) is 0 Å². The first kappa shape index (κ1) is 18.1. The Morgan fingerprint density at radius 3 is 2.33 bits per heavy atom. The number of nitrogens with one attached hydrogen (secondary N) is 1. The van der Waals surface area contributed by atoms with Crippen LogP contribution in [-0.2, 0) is 9.59 Å². The Hall–Kier alpha value is -2.22. The minimum atomic E-state index is -0.908. The van der Waals surface area contributed by atoms with E-state index in [0.29, 0.717) is 16.8 Å². The summed E-state index contributed by atoms with van der Waals surface area (Å²) < 4.78 is 0.597. The molecule has 1 fully saturated rings. The summed E-state index contributed by atoms with van der Waals surface area (Å²) in [6.45, 7) is 5.90. The standard InChI is InChI=1S/C16H25N3O5/c1-10-5-4-6-11(2)18(10)9-13(20)17-12(3)16(23)24-19-14(21)7-8-15(19)22/h7-8,10-12,21-22H,4-6,9H2,1-3H3,(H,17,20). The van der Waals surface area contributed by atoms with Crippen LogP contribution in [-0.4, -0.2) is 56.4 Å². The smallest absolute Gasteiger partial charge is 0.354 e. The van der Waals surface area contributed by atoms with E-state index < -0.39 is 23.8 Å². The Balaban J connectivity index is 1.87. The van der Waals surface area contributed by atoms with Crippen molar-refractivity contribution in [3.05, 3.63) is 12.1 Å². The summed E-state index contributed by atoms with van der Waals surface area (Å²) in [5.74, 6) is -1.86. The minimum Gasteiger partial charge on any atom is -0.492 e. The molecule has 0 spiro atoms. The van der Waals surface area contributed by atoms with Crippen LogP contribution in [0.25, 0.3) is 0 Å². The van der Waals surface area contributed by atoms with Gasteiger partial charge < -0.3 is 20.4 Å². The van der Waals surface area contributed by atoms with Crippen LogP contribution in [0.5, 0.6) is 11.8 Å². The Labute approximate surface area is 141 Å². The van der Waals surface area contributed by atoms with Gasteiger partial charge in [0.1, 0.15) is 6.04 Å². The molecule has 0 aromatic carbocycles. The van der Waals surface area contributed by atoms with Crippen molar-refractivity contribution in [3.8, 4) is 11.8 Å². The molecular formula is C16H25N3O5. The van der Waals surface area contributed by atoms with Crippen LogP contribution >= 0.6 is 0 Å². The molecule has 8 heteroatoms. The molecule has 1 aromatic rings. The molecule has 24 heavy (non-hydrogen) atoms. The first-order chi connectivity index (χ1) is 11.3. The molecule has 1 aliphatic rings. The lowest BCUT2D eigenvalue weighted by molar-refractivity contribution is -0.149. The van der Waals surface area contributed by atoms with Crippen molar-refractivity contribution in [1.29, 1.82) is 0 Å². The monoisotopic (exact) mass is 339 g/mol. The number of aromatic hydroxyl groups is 2. The maximum Gasteiger partial charge on any atom is 0.354 e. The molecule has 1 amide bonds. The average molecular weight is 339 g/mol. The zero-order chi connectivity index (χ0) is 17.9. The third-order valence-corrected chi connectivity index (χ3v) is 4.41. The largest absolute Gasteiger partial charge is 0.492 e. The summed E-state index contributed by atoms with van der Waals surface area (Å²) in [6.07, 6.45) is 3.27. The normalized spacial score (nSPS) is 22.8. The van der Waals surface area contributed by atoms with Gasteiger partial charge in [0.15, 0.2) is 0 Å². The Morgan fingerprint density at radius 1 is 1.25 bits per heavy atom. The molecule has 0 saturated carbocycles. The highest BCUT2D eigenvalue weighted by atomic mass is 16.7. The molecule has 8 nitrogen and oxygen atoms in total. The number of likely N-dealkylation sites (tertiary alicyclic amines) is 1. The number of aromatic nitrogens is 1. The fraction of sp³-hybridized carbons (Fsp3) is 0.625. The van der Waals surface area contributed by atoms with Gasteiger partial charge >= 0.3 is 5.97 Å². The van der Waals surface area contributed by atoms with Crippen LogP contribution in [0.15, 0.2) is 12.1 Å². The van der Waals surface area contributed by atoms with Crippen LogP contribution in [0, 0.1) is 0 Å². The molecule has 0 bridgehead atoms. The predicted molar refractivity (Wildman–Crippen MR) is 86.4 cm³/mol. The molecule has 3 atom stereocenters. The molecule has 2 heterocycles. The van der Waals surface area contributed by atoms with Crippen molar-refractivity contribution in [2.45, 2.75) is 58.2 Å². The summed E-state index contributed by atoms with van der Waals surface area (Å²) >= 11 is 0. The molecular weight excluding hydrogens is 314 g/mol. The van der Waals surface area contributed by atoms with Crippen molar-refractivity contribution >= 4 is 11.9 Å². The number of hydrogen-bond acceptors (Lipinski definition) is 6. The number of carbonyl (C=O) groups is 2. The van der Waals surface area contributed by atoms with Gasteiger partial charge in [-0.05, 0) is 33.6 Å². The fourth-order valence-electron chi connectivity index (χ4n) is 2.96. The highest BCUT2D eigenvalue weighted by Crippen LogP contribution is 2.22. The summed E-state index contributed by atoms with van der Waals surface area (Å²) in [4.78, 5) is 31.2. The Kier molecular flexibility index (Phi) is 5.71. The van der Waals surface area contributed by atoms with Crippen molar-refractivity contribution in [3.63, 3.8) is 0 Å². The molecule has 134 valence electrons. The van der Waals surface area contributed by atoms with Crippen LogP contribution in [0.2, 0.25) is 0 Å². The summed E-state index contributed by atoms with van der Waals surface area (Å²) in [7, 11) is 0. The van der Waals surface area contributed by atoms with Gasteiger partial charge in [-0.2, -0.15) is 0 Å². The minimum absolute atomic E-state index is 0.222. The van der Waals surface area contributed by atoms with Gasteiger partial charge in [0.05, 0.1) is 6.54 Å². The third-order valence-electron chi connectivity index (χ3n) is 4.41. The zero-order valence-electron chi connectivity index (χ0n) is 14.2. The van der Waals surface area contributed by atoms with Crippen LogP contribution < -0.4 is 10.2 Å². The van der Waals surface area contributed by atoms with E-state index in [1.165, 1.54) is 19.1 Å². The quantitative estimate of drug-likeness (QED) is 0.727. The van der Waals surface area contributed by atoms with Crippen LogP contribution in [0.4, 0.5) is 0 Å². The Morgan fingerprint density at radius 2 is 1.79 bits per heavy atom. The first-order valence-electron chi connectivity index (χ1n) is 8.16. The van der Waals surface area contributed by atoms with Crippen LogP contribution in [0.3, 0.4) is 0 Å². The second-order valence-corrected chi connectivity index (χ2v) is 6.34. The van der Waals surface area contributed by atoms with Crippen molar-refractivity contribution in [2.75, 3.05) is 6.54 Å². The number of rotatable bonds is 5. The highest BCUT2D eigenvalue weighted by Gasteiger charge is 2.28. The van der Waals surface area contributed by atoms with E-state index in [1.807, 2.05) is 0 Å². The topological polar surface area (TPSA) is 104 Å². The SMILES string of the molecule is CC(NC(=O)CN1C(C)CCCC1C)C(=O)On1c(O)ccc1O. The van der Waals surface area contributed by atoms with Gasteiger partial charge in [0, 0.05) is 24.2 Å². The maximum atomic E-state index is 12.2. The number of carbonyl (C=O) groups excluding carboxylic acids is 2. The van der Waals surface area contributed by atoms with E-state index >= 15 is 0 Å². The molecule has 1 saturated heterocycles. The summed E-state index contributed by atoms with van der Waals surface area (Å²) in [6, 6.07) is 2.12. The second kappa shape index (κ2) is 7.57. The van der Waals surface area contributed by atoms with Crippen molar-refractivity contribution < 1.29 is 24.6 Å².